The van der Waals surface area contributed by atoms with Crippen molar-refractivity contribution < 1.29 is 9.59 Å². The number of nitrogens with one attached hydrogen (secondary N) is 1. The molecule has 1 N–H and O–H groups in total. The summed E-state index contributed by atoms with van der Waals surface area (Å²) in [6.07, 6.45) is 1.42. The van der Waals surface area contributed by atoms with E-state index in [1.807, 2.05) is 76.2 Å². The molecule has 2 atom stereocenters. The third kappa shape index (κ3) is 8.23. The molecule has 0 aliphatic rings. The first-order chi connectivity index (χ1) is 14.8. The molecule has 0 fully saturated rings. The van der Waals surface area contributed by atoms with Gasteiger partial charge in [0.1, 0.15) is 6.04 Å². The lowest BCUT2D eigenvalue weighted by molar-refractivity contribution is -0.139. The van der Waals surface area contributed by atoms with Gasteiger partial charge in [-0.2, -0.15) is 0 Å². The molecule has 0 saturated heterocycles. The van der Waals surface area contributed by atoms with Gasteiger partial charge in [-0.25, -0.2) is 0 Å². The van der Waals surface area contributed by atoms with Crippen molar-refractivity contribution in [2.45, 2.75) is 64.9 Å². The maximum absolute atomic E-state index is 13.2. The van der Waals surface area contributed by atoms with Crippen molar-refractivity contribution >= 4 is 35.2 Å². The predicted octanol–water partition coefficient (Wildman–Crippen LogP) is 5.60. The summed E-state index contributed by atoms with van der Waals surface area (Å²) in [4.78, 5) is 27.9. The first-order valence-electron chi connectivity index (χ1n) is 10.8. The van der Waals surface area contributed by atoms with E-state index in [9.17, 15) is 9.59 Å². The lowest BCUT2D eigenvalue weighted by atomic mass is 10.1. The molecule has 0 radical (unpaired) electrons. The van der Waals surface area contributed by atoms with Gasteiger partial charge in [-0.3, -0.25) is 9.59 Å². The molecule has 168 valence electrons. The summed E-state index contributed by atoms with van der Waals surface area (Å²) < 4.78 is 0. The zero-order chi connectivity index (χ0) is 22.8. The number of hydrogen-bond donors (Lipinski definition) is 1. The summed E-state index contributed by atoms with van der Waals surface area (Å²) in [6.45, 7) is 8.43. The van der Waals surface area contributed by atoms with Gasteiger partial charge in [-0.15, -0.1) is 11.8 Å². The molecule has 2 amide bonds. The van der Waals surface area contributed by atoms with Crippen molar-refractivity contribution in [1.29, 1.82) is 0 Å². The Morgan fingerprint density at radius 3 is 2.39 bits per heavy atom. The van der Waals surface area contributed by atoms with Gasteiger partial charge in [0.25, 0.3) is 0 Å². The van der Waals surface area contributed by atoms with Crippen molar-refractivity contribution in [1.82, 2.24) is 10.2 Å². The lowest BCUT2D eigenvalue weighted by Gasteiger charge is -2.31. The second-order valence-corrected chi connectivity index (χ2v) is 9.29. The number of carbonyl (C=O) groups excluding carboxylic acids is 2. The molecule has 0 heterocycles. The van der Waals surface area contributed by atoms with Crippen LogP contribution in [0.5, 0.6) is 0 Å². The Bertz CT molecular complexity index is 857. The summed E-state index contributed by atoms with van der Waals surface area (Å²) in [5, 5.41) is 3.74. The van der Waals surface area contributed by atoms with Crippen molar-refractivity contribution in [2.24, 2.45) is 0 Å². The van der Waals surface area contributed by atoms with E-state index in [2.05, 4.69) is 5.32 Å². The summed E-state index contributed by atoms with van der Waals surface area (Å²) in [5.41, 5.74) is 3.27. The molecule has 2 aromatic carbocycles. The van der Waals surface area contributed by atoms with Crippen LogP contribution in [0.25, 0.3) is 0 Å². The van der Waals surface area contributed by atoms with E-state index in [1.165, 1.54) is 5.56 Å². The largest absolute Gasteiger partial charge is 0.352 e. The normalized spacial score (nSPS) is 12.8. The zero-order valence-corrected chi connectivity index (χ0v) is 20.4. The van der Waals surface area contributed by atoms with Crippen LogP contribution in [0.3, 0.4) is 0 Å². The van der Waals surface area contributed by atoms with Crippen molar-refractivity contribution in [3.63, 3.8) is 0 Å². The Morgan fingerprint density at radius 1 is 1.06 bits per heavy atom. The highest BCUT2D eigenvalue weighted by Crippen LogP contribution is 2.19. The monoisotopic (exact) mass is 460 g/mol. The highest BCUT2D eigenvalue weighted by Gasteiger charge is 2.29. The topological polar surface area (TPSA) is 49.4 Å². The van der Waals surface area contributed by atoms with E-state index in [4.69, 9.17) is 11.6 Å². The van der Waals surface area contributed by atoms with Gasteiger partial charge in [0, 0.05) is 23.4 Å². The maximum Gasteiger partial charge on any atom is 0.243 e. The first-order valence-corrected chi connectivity index (χ1v) is 12.3. The fourth-order valence-electron chi connectivity index (χ4n) is 3.22. The molecule has 0 spiro atoms. The average Bonchev–Trinajstić information content (AvgIpc) is 2.74. The number of nitrogens with zero attached hydrogens (tertiary/aromatic N) is 1. The van der Waals surface area contributed by atoms with Crippen LogP contribution in [0.2, 0.25) is 5.02 Å². The zero-order valence-electron chi connectivity index (χ0n) is 18.9. The Balaban J connectivity index is 2.13. The number of hydrogen-bond acceptors (Lipinski definition) is 3. The molecular formula is C25H33ClN2O2S. The third-order valence-corrected chi connectivity index (χ3v) is 6.47. The van der Waals surface area contributed by atoms with Crippen LogP contribution >= 0.6 is 23.4 Å². The number of amides is 2. The van der Waals surface area contributed by atoms with E-state index >= 15 is 0 Å². The van der Waals surface area contributed by atoms with Gasteiger partial charge in [0.15, 0.2) is 0 Å². The van der Waals surface area contributed by atoms with Crippen molar-refractivity contribution in [3.8, 4) is 0 Å². The Morgan fingerprint density at radius 2 is 1.77 bits per heavy atom. The number of benzene rings is 2. The lowest BCUT2D eigenvalue weighted by Crippen LogP contribution is -2.51. The maximum atomic E-state index is 13.2. The van der Waals surface area contributed by atoms with Gasteiger partial charge in [-0.1, -0.05) is 67.4 Å². The number of carbonyl (C=O) groups is 2. The Labute approximate surface area is 195 Å². The molecule has 0 unspecified atom stereocenters. The van der Waals surface area contributed by atoms with E-state index in [0.29, 0.717) is 29.5 Å². The molecule has 6 heteroatoms. The van der Waals surface area contributed by atoms with Crippen LogP contribution in [0.4, 0.5) is 0 Å². The molecule has 2 aromatic rings. The minimum absolute atomic E-state index is 0.0289. The van der Waals surface area contributed by atoms with Gasteiger partial charge in [0.05, 0.1) is 5.75 Å². The molecule has 0 bridgehead atoms. The van der Waals surface area contributed by atoms with Crippen LogP contribution in [-0.2, 0) is 21.9 Å². The molecule has 0 aromatic heterocycles. The van der Waals surface area contributed by atoms with Gasteiger partial charge < -0.3 is 10.2 Å². The molecule has 31 heavy (non-hydrogen) atoms. The van der Waals surface area contributed by atoms with E-state index in [0.717, 1.165) is 17.5 Å². The van der Waals surface area contributed by atoms with E-state index in [-0.39, 0.29) is 17.9 Å². The molecular weight excluding hydrogens is 428 g/mol. The second kappa shape index (κ2) is 12.8. The highest BCUT2D eigenvalue weighted by atomic mass is 35.5. The van der Waals surface area contributed by atoms with Crippen molar-refractivity contribution in [3.05, 3.63) is 70.2 Å². The van der Waals surface area contributed by atoms with Gasteiger partial charge in [-0.05, 0) is 49.9 Å². The van der Waals surface area contributed by atoms with E-state index < -0.39 is 6.04 Å². The minimum atomic E-state index is -0.491. The Kier molecular flexibility index (Phi) is 10.4. The fourth-order valence-corrected chi connectivity index (χ4v) is 4.29. The number of aryl methyl sites for hydroxylation is 1. The quantitative estimate of drug-likeness (QED) is 0.474. The van der Waals surface area contributed by atoms with E-state index in [1.54, 1.807) is 16.7 Å². The average molecular weight is 461 g/mol. The van der Waals surface area contributed by atoms with Crippen LogP contribution in [0.1, 0.15) is 50.3 Å². The first kappa shape index (κ1) is 25.3. The van der Waals surface area contributed by atoms with Crippen LogP contribution in [-0.4, -0.2) is 34.6 Å². The summed E-state index contributed by atoms with van der Waals surface area (Å²) >= 11 is 7.60. The molecule has 0 aliphatic carbocycles. The standard InChI is InChI=1S/C25H33ClN2O2S/c1-5-19(4)27-25(30)23(6-2)28(15-20-12-10-18(3)11-13-20)24(29)17-31-16-21-8-7-9-22(26)14-21/h7-14,19,23H,5-6,15-17H2,1-4H3,(H,27,30)/t19-,23-/m0/s1. The summed E-state index contributed by atoms with van der Waals surface area (Å²) in [6, 6.07) is 15.4. The van der Waals surface area contributed by atoms with Gasteiger partial charge >= 0.3 is 0 Å². The summed E-state index contributed by atoms with van der Waals surface area (Å²) in [5.74, 6) is 0.891. The Hall–Kier alpha value is -1.98. The van der Waals surface area contributed by atoms with Crippen LogP contribution in [0, 0.1) is 6.92 Å². The van der Waals surface area contributed by atoms with Crippen LogP contribution in [0.15, 0.2) is 48.5 Å². The predicted molar refractivity (Wildman–Crippen MR) is 131 cm³/mol. The third-order valence-electron chi connectivity index (χ3n) is 5.24. The van der Waals surface area contributed by atoms with Crippen LogP contribution < -0.4 is 5.32 Å². The number of thioether (sulfide) groups is 1. The van der Waals surface area contributed by atoms with Crippen molar-refractivity contribution in [2.75, 3.05) is 5.75 Å². The summed E-state index contributed by atoms with van der Waals surface area (Å²) in [7, 11) is 0. The minimum Gasteiger partial charge on any atom is -0.352 e. The SMILES string of the molecule is CC[C@H](C)NC(=O)[C@H](CC)N(Cc1ccc(C)cc1)C(=O)CSCc1cccc(Cl)c1. The highest BCUT2D eigenvalue weighted by molar-refractivity contribution is 7.99. The molecule has 0 saturated carbocycles. The molecule has 2 rings (SSSR count). The van der Waals surface area contributed by atoms with Gasteiger partial charge in [0.2, 0.25) is 11.8 Å². The molecule has 0 aliphatic heterocycles. The fraction of sp³-hybridized carbons (Fsp3) is 0.440. The second-order valence-electron chi connectivity index (χ2n) is 7.87. The number of rotatable bonds is 11. The number of halogens is 1. The molecule has 4 nitrogen and oxygen atoms in total. The smallest absolute Gasteiger partial charge is 0.243 e.